The Kier molecular flexibility index (Phi) is 6.20. The maximum atomic E-state index is 14.7. The number of halogens is 1. The number of nitrogens with one attached hydrogen (secondary N) is 2. The third kappa shape index (κ3) is 5.22. The molecule has 3 aromatic rings. The van der Waals surface area contributed by atoms with Gasteiger partial charge < -0.3 is 10.2 Å². The molecule has 0 bridgehead atoms. The number of carbonyl (C=O) groups is 1. The van der Waals surface area contributed by atoms with Gasteiger partial charge in [-0.2, -0.15) is 0 Å². The Hall–Kier alpha value is -3.27. The minimum atomic E-state index is -3.53. The Morgan fingerprint density at radius 3 is 2.45 bits per heavy atom. The van der Waals surface area contributed by atoms with Gasteiger partial charge in [0, 0.05) is 24.8 Å². The Morgan fingerprint density at radius 2 is 1.76 bits per heavy atom. The number of aromatic nitrogens is 2. The number of anilines is 2. The van der Waals surface area contributed by atoms with Gasteiger partial charge in [0.25, 0.3) is 5.91 Å². The van der Waals surface area contributed by atoms with Crippen molar-refractivity contribution in [3.63, 3.8) is 0 Å². The summed E-state index contributed by atoms with van der Waals surface area (Å²) in [7, 11) is -3.53. The van der Waals surface area contributed by atoms with Crippen LogP contribution in [0.4, 0.5) is 15.8 Å². The van der Waals surface area contributed by atoms with Crippen molar-refractivity contribution in [1.29, 1.82) is 0 Å². The fraction of sp³-hybridized carbons (Fsp3) is 0.348. The first-order valence-corrected chi connectivity index (χ1v) is 12.6. The Bertz CT molecular complexity index is 1320. The number of hydrogen-bond donors (Lipinski definition) is 2. The van der Waals surface area contributed by atoms with E-state index in [-0.39, 0.29) is 11.3 Å². The van der Waals surface area contributed by atoms with Crippen molar-refractivity contribution in [2.45, 2.75) is 32.7 Å². The summed E-state index contributed by atoms with van der Waals surface area (Å²) >= 11 is 0. The van der Waals surface area contributed by atoms with Crippen molar-refractivity contribution >= 4 is 38.3 Å². The van der Waals surface area contributed by atoms with Gasteiger partial charge in [-0.3, -0.25) is 19.5 Å². The van der Waals surface area contributed by atoms with Crippen LogP contribution in [0.1, 0.15) is 47.3 Å². The van der Waals surface area contributed by atoms with E-state index in [1.54, 1.807) is 26.1 Å². The van der Waals surface area contributed by atoms with Crippen LogP contribution in [0.3, 0.4) is 0 Å². The number of pyridine rings is 2. The maximum Gasteiger partial charge on any atom is 0.253 e. The second-order valence-corrected chi connectivity index (χ2v) is 10.2. The highest BCUT2D eigenvalue weighted by molar-refractivity contribution is 7.92. The molecule has 3 heterocycles. The second-order valence-electron chi connectivity index (χ2n) is 8.41. The van der Waals surface area contributed by atoms with Crippen molar-refractivity contribution in [2.75, 3.05) is 29.0 Å². The smallest absolute Gasteiger partial charge is 0.253 e. The number of amides is 1. The molecule has 0 unspecified atom stereocenters. The molecule has 1 aliphatic rings. The Balaban J connectivity index is 1.51. The maximum absolute atomic E-state index is 14.7. The van der Waals surface area contributed by atoms with E-state index in [0.29, 0.717) is 22.2 Å². The summed E-state index contributed by atoms with van der Waals surface area (Å²) < 4.78 is 39.9. The molecule has 0 spiro atoms. The topological polar surface area (TPSA) is 104 Å². The zero-order chi connectivity index (χ0) is 23.8. The van der Waals surface area contributed by atoms with E-state index in [4.69, 9.17) is 0 Å². The van der Waals surface area contributed by atoms with E-state index in [1.807, 2.05) is 6.07 Å². The van der Waals surface area contributed by atoms with E-state index >= 15 is 0 Å². The number of nitrogens with zero attached hydrogens (tertiary/aromatic N) is 3. The Labute approximate surface area is 192 Å². The molecule has 1 aliphatic heterocycles. The van der Waals surface area contributed by atoms with Gasteiger partial charge in [-0.25, -0.2) is 12.8 Å². The summed E-state index contributed by atoms with van der Waals surface area (Å²) in [5.41, 5.74) is 3.62. The van der Waals surface area contributed by atoms with Crippen molar-refractivity contribution in [3.05, 3.63) is 59.2 Å². The minimum absolute atomic E-state index is 0.162. The first kappa shape index (κ1) is 22.9. The van der Waals surface area contributed by atoms with Crippen LogP contribution in [0, 0.1) is 12.7 Å². The van der Waals surface area contributed by atoms with Gasteiger partial charge in [0.05, 0.1) is 46.5 Å². The number of aryl methyl sites for hydroxylation is 1. The summed E-state index contributed by atoms with van der Waals surface area (Å²) in [5.74, 6) is -1.02. The average Bonchev–Trinajstić information content (AvgIpc) is 3.29. The van der Waals surface area contributed by atoms with Gasteiger partial charge >= 0.3 is 0 Å². The predicted molar refractivity (Wildman–Crippen MR) is 126 cm³/mol. The lowest BCUT2D eigenvalue weighted by atomic mass is 10.0. The number of carbonyl (C=O) groups excluding carboxylic acids is 1. The SMILES string of the molecule is Cc1cc([C@@H](C)NC(=O)c2cnc3cc(N4CCCC4)cnc3c2)c(F)cc1NS(C)(=O)=O. The molecule has 0 radical (unpaired) electrons. The molecule has 1 saturated heterocycles. The van der Waals surface area contributed by atoms with Crippen LogP contribution >= 0.6 is 0 Å². The largest absolute Gasteiger partial charge is 0.370 e. The lowest BCUT2D eigenvalue weighted by Crippen LogP contribution is -2.27. The molecular formula is C23H26FN5O3S. The molecule has 8 nitrogen and oxygen atoms in total. The van der Waals surface area contributed by atoms with Crippen molar-refractivity contribution < 1.29 is 17.6 Å². The van der Waals surface area contributed by atoms with Crippen LogP contribution in [0.2, 0.25) is 0 Å². The lowest BCUT2D eigenvalue weighted by Gasteiger charge is -2.18. The van der Waals surface area contributed by atoms with E-state index in [0.717, 1.165) is 31.1 Å². The fourth-order valence-electron chi connectivity index (χ4n) is 3.97. The summed E-state index contributed by atoms with van der Waals surface area (Å²) in [6.07, 6.45) is 6.62. The highest BCUT2D eigenvalue weighted by Gasteiger charge is 2.19. The third-order valence-corrected chi connectivity index (χ3v) is 6.30. The third-order valence-electron chi connectivity index (χ3n) is 5.70. The average molecular weight is 472 g/mol. The van der Waals surface area contributed by atoms with Crippen LogP contribution in [0.5, 0.6) is 0 Å². The quantitative estimate of drug-likeness (QED) is 0.570. The van der Waals surface area contributed by atoms with Crippen molar-refractivity contribution in [1.82, 2.24) is 15.3 Å². The van der Waals surface area contributed by atoms with E-state index < -0.39 is 27.8 Å². The molecule has 0 aliphatic carbocycles. The number of rotatable bonds is 6. The minimum Gasteiger partial charge on any atom is -0.370 e. The van der Waals surface area contributed by atoms with Gasteiger partial charge in [-0.05, 0) is 56.5 Å². The van der Waals surface area contributed by atoms with Crippen LogP contribution in [-0.4, -0.2) is 43.6 Å². The molecule has 0 saturated carbocycles. The van der Waals surface area contributed by atoms with Crippen LogP contribution in [-0.2, 0) is 10.0 Å². The molecule has 1 atom stereocenters. The van der Waals surface area contributed by atoms with Gasteiger partial charge in [0.15, 0.2) is 0 Å². The fourth-order valence-corrected chi connectivity index (χ4v) is 4.59. The van der Waals surface area contributed by atoms with Crippen molar-refractivity contribution in [2.24, 2.45) is 0 Å². The summed E-state index contributed by atoms with van der Waals surface area (Å²) in [5, 5.41) is 2.78. The number of benzene rings is 1. The van der Waals surface area contributed by atoms with Crippen LogP contribution < -0.4 is 14.9 Å². The molecule has 1 amide bonds. The summed E-state index contributed by atoms with van der Waals surface area (Å²) in [6.45, 7) is 5.34. The Morgan fingerprint density at radius 1 is 1.09 bits per heavy atom. The van der Waals surface area contributed by atoms with E-state index in [1.165, 1.54) is 25.1 Å². The number of sulfonamides is 1. The van der Waals surface area contributed by atoms with Crippen LogP contribution in [0.15, 0.2) is 36.7 Å². The van der Waals surface area contributed by atoms with Gasteiger partial charge in [0.2, 0.25) is 10.0 Å². The summed E-state index contributed by atoms with van der Waals surface area (Å²) in [6, 6.07) is 5.63. The molecule has 4 rings (SSSR count). The first-order valence-electron chi connectivity index (χ1n) is 10.7. The van der Waals surface area contributed by atoms with Gasteiger partial charge in [0.1, 0.15) is 5.82 Å². The molecule has 2 aromatic heterocycles. The highest BCUT2D eigenvalue weighted by Crippen LogP contribution is 2.26. The monoisotopic (exact) mass is 471 g/mol. The predicted octanol–water partition coefficient (Wildman–Crippen LogP) is 3.54. The van der Waals surface area contributed by atoms with Gasteiger partial charge in [-0.15, -0.1) is 0 Å². The van der Waals surface area contributed by atoms with E-state index in [9.17, 15) is 17.6 Å². The zero-order valence-corrected chi connectivity index (χ0v) is 19.5. The number of fused-ring (bicyclic) bond motifs is 1. The van der Waals surface area contributed by atoms with E-state index in [2.05, 4.69) is 24.9 Å². The highest BCUT2D eigenvalue weighted by atomic mass is 32.2. The van der Waals surface area contributed by atoms with Crippen molar-refractivity contribution in [3.8, 4) is 0 Å². The molecule has 1 aromatic carbocycles. The summed E-state index contributed by atoms with van der Waals surface area (Å²) in [4.78, 5) is 23.9. The molecule has 10 heteroatoms. The number of hydrogen-bond acceptors (Lipinski definition) is 6. The van der Waals surface area contributed by atoms with Gasteiger partial charge in [-0.1, -0.05) is 0 Å². The second kappa shape index (κ2) is 8.93. The first-order chi connectivity index (χ1) is 15.6. The molecular weight excluding hydrogens is 445 g/mol. The molecule has 1 fully saturated rings. The molecule has 174 valence electrons. The molecule has 33 heavy (non-hydrogen) atoms. The molecule has 2 N–H and O–H groups in total. The normalized spacial score (nSPS) is 15.0. The van der Waals surface area contributed by atoms with Crippen LogP contribution in [0.25, 0.3) is 11.0 Å². The zero-order valence-electron chi connectivity index (χ0n) is 18.7. The lowest BCUT2D eigenvalue weighted by molar-refractivity contribution is 0.0939. The standard InChI is InChI=1S/C23H26FN5O3S/c1-14-8-18(19(24)11-20(14)28-33(3,31)32)15(2)27-23(30)16-9-21-22(25-12-16)10-17(13-26-21)29-6-4-5-7-29/h8-13,15,28H,4-7H2,1-3H3,(H,27,30)/t15-/m1/s1.